The lowest BCUT2D eigenvalue weighted by molar-refractivity contribution is 0.0892. The van der Waals surface area contributed by atoms with Crippen LogP contribution in [0.3, 0.4) is 0 Å². The predicted octanol–water partition coefficient (Wildman–Crippen LogP) is 3.55. The molecule has 136 valence electrons. The van der Waals surface area contributed by atoms with E-state index in [2.05, 4.69) is 0 Å². The predicted molar refractivity (Wildman–Crippen MR) is 93.2 cm³/mol. The Morgan fingerprint density at radius 2 is 1.58 bits per heavy atom. The lowest BCUT2D eigenvalue weighted by Crippen LogP contribution is -2.21. The lowest BCUT2D eigenvalue weighted by atomic mass is 9.84. The monoisotopic (exact) mass is 356 g/mol. The number of fused-ring (bicyclic) bond motifs is 2. The van der Waals surface area contributed by atoms with Crippen molar-refractivity contribution >= 4 is 5.78 Å². The van der Waals surface area contributed by atoms with E-state index in [9.17, 15) is 9.90 Å². The molecule has 2 aliphatic heterocycles. The molecular weight excluding hydrogens is 336 g/mol. The van der Waals surface area contributed by atoms with Gasteiger partial charge >= 0.3 is 0 Å². The Kier molecular flexibility index (Phi) is 4.11. The summed E-state index contributed by atoms with van der Waals surface area (Å²) in [6.07, 6.45) is 0.555. The van der Waals surface area contributed by atoms with Crippen molar-refractivity contribution in [2.24, 2.45) is 11.8 Å². The highest BCUT2D eigenvalue weighted by Crippen LogP contribution is 2.39. The Bertz CT molecular complexity index is 860. The third-order valence-corrected chi connectivity index (χ3v) is 5.04. The summed E-state index contributed by atoms with van der Waals surface area (Å²) in [6, 6.07) is 8.60. The van der Waals surface area contributed by atoms with Gasteiger partial charge < -0.3 is 24.1 Å². The molecule has 2 heterocycles. The van der Waals surface area contributed by atoms with Crippen molar-refractivity contribution in [2.75, 3.05) is 13.6 Å². The van der Waals surface area contributed by atoms with E-state index in [1.807, 2.05) is 13.8 Å². The zero-order valence-electron chi connectivity index (χ0n) is 14.7. The van der Waals surface area contributed by atoms with Crippen molar-refractivity contribution in [3.8, 4) is 28.7 Å². The van der Waals surface area contributed by atoms with Crippen LogP contribution >= 0.6 is 0 Å². The van der Waals surface area contributed by atoms with Crippen LogP contribution in [0.2, 0.25) is 0 Å². The molecule has 0 aliphatic carbocycles. The number of hydrogen-bond donors (Lipinski definition) is 1. The SMILES string of the molecule is C[C@H](Cc1cc2c(cc1O)OCO2)[C@H](C)C(=O)c1ccc2c(c1)OCO2. The number of carbonyl (C=O) groups is 1. The van der Waals surface area contributed by atoms with Crippen LogP contribution in [0.25, 0.3) is 0 Å². The van der Waals surface area contributed by atoms with E-state index in [0.717, 1.165) is 5.56 Å². The van der Waals surface area contributed by atoms with Crippen LogP contribution in [0.4, 0.5) is 0 Å². The summed E-state index contributed by atoms with van der Waals surface area (Å²) in [7, 11) is 0. The van der Waals surface area contributed by atoms with E-state index < -0.39 is 0 Å². The maximum absolute atomic E-state index is 12.8. The number of carbonyl (C=O) groups excluding carboxylic acids is 1. The molecule has 26 heavy (non-hydrogen) atoms. The minimum Gasteiger partial charge on any atom is -0.508 e. The van der Waals surface area contributed by atoms with Gasteiger partial charge in [0, 0.05) is 17.5 Å². The van der Waals surface area contributed by atoms with E-state index >= 15 is 0 Å². The maximum Gasteiger partial charge on any atom is 0.231 e. The molecule has 0 radical (unpaired) electrons. The highest BCUT2D eigenvalue weighted by atomic mass is 16.7. The minimum absolute atomic E-state index is 0.0270. The van der Waals surface area contributed by atoms with Gasteiger partial charge in [-0.05, 0) is 42.2 Å². The standard InChI is InChI=1S/C20H20O6/c1-11(5-14-7-18-19(8-15(14)21)26-10-25-18)12(2)20(22)13-3-4-16-17(6-13)24-9-23-16/h3-4,6-8,11-12,21H,5,9-10H2,1-2H3/t11-,12+/m1/s1. The molecule has 0 fully saturated rings. The van der Waals surface area contributed by atoms with E-state index in [1.54, 1.807) is 30.3 Å². The molecule has 0 unspecified atom stereocenters. The van der Waals surface area contributed by atoms with E-state index in [-0.39, 0.29) is 37.0 Å². The van der Waals surface area contributed by atoms with Crippen molar-refractivity contribution in [1.82, 2.24) is 0 Å². The second-order valence-corrected chi connectivity index (χ2v) is 6.74. The lowest BCUT2D eigenvalue weighted by Gasteiger charge is -2.20. The number of ketones is 1. The van der Waals surface area contributed by atoms with Crippen molar-refractivity contribution in [2.45, 2.75) is 20.3 Å². The zero-order chi connectivity index (χ0) is 18.3. The number of aromatic hydroxyl groups is 1. The average molecular weight is 356 g/mol. The van der Waals surface area contributed by atoms with Crippen LogP contribution in [-0.4, -0.2) is 24.5 Å². The Labute approximate surface area is 151 Å². The summed E-state index contributed by atoms with van der Waals surface area (Å²) in [5.41, 5.74) is 1.34. The molecule has 0 saturated carbocycles. The molecule has 2 aliphatic rings. The molecule has 6 nitrogen and oxygen atoms in total. The van der Waals surface area contributed by atoms with Crippen molar-refractivity contribution in [1.29, 1.82) is 0 Å². The van der Waals surface area contributed by atoms with Gasteiger partial charge in [-0.3, -0.25) is 4.79 Å². The molecule has 0 amide bonds. The van der Waals surface area contributed by atoms with Crippen LogP contribution in [0.15, 0.2) is 30.3 Å². The molecule has 4 rings (SSSR count). The van der Waals surface area contributed by atoms with Gasteiger partial charge in [-0.25, -0.2) is 0 Å². The maximum atomic E-state index is 12.8. The quantitative estimate of drug-likeness (QED) is 0.826. The van der Waals surface area contributed by atoms with E-state index in [4.69, 9.17) is 18.9 Å². The first-order chi connectivity index (χ1) is 12.5. The fraction of sp³-hybridized carbons (Fsp3) is 0.350. The van der Waals surface area contributed by atoms with Gasteiger partial charge in [0.25, 0.3) is 0 Å². The number of ether oxygens (including phenoxy) is 4. The molecule has 2 atom stereocenters. The highest BCUT2D eigenvalue weighted by Gasteiger charge is 2.26. The van der Waals surface area contributed by atoms with Crippen LogP contribution in [0.1, 0.15) is 29.8 Å². The van der Waals surface area contributed by atoms with Gasteiger partial charge in [-0.15, -0.1) is 0 Å². The molecule has 0 spiro atoms. The molecule has 2 aromatic rings. The normalized spacial score (nSPS) is 16.4. The third-order valence-electron chi connectivity index (χ3n) is 5.04. The van der Waals surface area contributed by atoms with Crippen molar-refractivity contribution < 1.29 is 28.8 Å². The van der Waals surface area contributed by atoms with E-state index in [0.29, 0.717) is 35.0 Å². The molecular formula is C20H20O6. The van der Waals surface area contributed by atoms with Gasteiger partial charge in [-0.2, -0.15) is 0 Å². The summed E-state index contributed by atoms with van der Waals surface area (Å²) >= 11 is 0. The Morgan fingerprint density at radius 3 is 2.31 bits per heavy atom. The summed E-state index contributed by atoms with van der Waals surface area (Å²) in [5, 5.41) is 10.2. The van der Waals surface area contributed by atoms with Crippen LogP contribution < -0.4 is 18.9 Å². The smallest absolute Gasteiger partial charge is 0.231 e. The Balaban J connectivity index is 1.49. The molecule has 6 heteroatoms. The van der Waals surface area contributed by atoms with Gasteiger partial charge in [0.05, 0.1) is 0 Å². The second kappa shape index (κ2) is 6.44. The fourth-order valence-corrected chi connectivity index (χ4v) is 3.23. The topological polar surface area (TPSA) is 74.2 Å². The number of phenolic OH excluding ortho intramolecular Hbond substituents is 1. The van der Waals surface area contributed by atoms with E-state index in [1.165, 1.54) is 0 Å². The molecule has 1 N–H and O–H groups in total. The summed E-state index contributed by atoms with van der Waals surface area (Å²) in [4.78, 5) is 12.8. The summed E-state index contributed by atoms with van der Waals surface area (Å²) in [5.74, 6) is 2.43. The summed E-state index contributed by atoms with van der Waals surface area (Å²) < 4.78 is 21.3. The number of phenols is 1. The Hall–Kier alpha value is -2.89. The van der Waals surface area contributed by atoms with Crippen molar-refractivity contribution in [3.63, 3.8) is 0 Å². The first-order valence-corrected chi connectivity index (χ1v) is 8.58. The number of benzene rings is 2. The first-order valence-electron chi connectivity index (χ1n) is 8.58. The minimum atomic E-state index is -0.222. The highest BCUT2D eigenvalue weighted by molar-refractivity contribution is 5.98. The number of hydrogen-bond acceptors (Lipinski definition) is 6. The average Bonchev–Trinajstić information content (AvgIpc) is 3.28. The van der Waals surface area contributed by atoms with Gasteiger partial charge in [-0.1, -0.05) is 13.8 Å². The second-order valence-electron chi connectivity index (χ2n) is 6.74. The van der Waals surface area contributed by atoms with Crippen LogP contribution in [0, 0.1) is 11.8 Å². The van der Waals surface area contributed by atoms with Crippen LogP contribution in [0.5, 0.6) is 28.7 Å². The van der Waals surface area contributed by atoms with Crippen molar-refractivity contribution in [3.05, 3.63) is 41.5 Å². The fourth-order valence-electron chi connectivity index (χ4n) is 3.23. The number of rotatable bonds is 5. The zero-order valence-corrected chi connectivity index (χ0v) is 14.7. The van der Waals surface area contributed by atoms with Gasteiger partial charge in [0.1, 0.15) is 5.75 Å². The third kappa shape index (κ3) is 2.92. The molecule has 0 bridgehead atoms. The number of Topliss-reactive ketones (excluding diaryl/α,β-unsaturated/α-hetero) is 1. The largest absolute Gasteiger partial charge is 0.508 e. The van der Waals surface area contributed by atoms with Crippen LogP contribution in [-0.2, 0) is 6.42 Å². The summed E-state index contributed by atoms with van der Waals surface area (Å²) in [6.45, 7) is 4.25. The molecule has 2 aromatic carbocycles. The van der Waals surface area contributed by atoms with Gasteiger partial charge in [0.15, 0.2) is 28.8 Å². The molecule has 0 saturated heterocycles. The molecule has 0 aromatic heterocycles. The van der Waals surface area contributed by atoms with Gasteiger partial charge in [0.2, 0.25) is 13.6 Å². The first kappa shape index (κ1) is 16.6. The Morgan fingerprint density at radius 1 is 0.962 bits per heavy atom.